The number of benzene rings is 1. The number of pyridine rings is 1. The minimum absolute atomic E-state index is 0.0868. The fourth-order valence-corrected chi connectivity index (χ4v) is 4.98. The molecule has 184 valence electrons. The second kappa shape index (κ2) is 12.7. The molecule has 1 fully saturated rings. The lowest BCUT2D eigenvalue weighted by molar-refractivity contribution is -0.123. The second-order valence-corrected chi connectivity index (χ2v) is 8.55. The highest BCUT2D eigenvalue weighted by Crippen LogP contribution is 2.41. The highest BCUT2D eigenvalue weighted by Gasteiger charge is 2.40. The third-order valence-corrected chi connectivity index (χ3v) is 6.07. The molecule has 1 saturated heterocycles. The lowest BCUT2D eigenvalue weighted by Crippen LogP contribution is -2.51. The number of aromatic nitrogens is 1. The maximum absolute atomic E-state index is 12.6. The fraction of sp³-hybridized carbons (Fsp3) is 0.417. The van der Waals surface area contributed by atoms with Crippen molar-refractivity contribution in [3.8, 4) is 0 Å². The second-order valence-electron chi connectivity index (χ2n) is 8.55. The van der Waals surface area contributed by atoms with Crippen LogP contribution in [0.25, 0.3) is 0 Å². The number of piperidine rings is 1. The third kappa shape index (κ3) is 6.52. The van der Waals surface area contributed by atoms with E-state index in [9.17, 15) is 14.7 Å². The van der Waals surface area contributed by atoms with Crippen molar-refractivity contribution in [3.63, 3.8) is 0 Å². The van der Waals surface area contributed by atoms with Crippen molar-refractivity contribution in [2.45, 2.75) is 24.9 Å². The van der Waals surface area contributed by atoms with Crippen LogP contribution in [0.4, 0.5) is 0 Å². The third-order valence-electron chi connectivity index (χ3n) is 6.07. The van der Waals surface area contributed by atoms with E-state index in [1.165, 1.54) is 0 Å². The van der Waals surface area contributed by atoms with E-state index in [1.54, 1.807) is 18.2 Å². The zero-order chi connectivity index (χ0) is 25.3. The van der Waals surface area contributed by atoms with E-state index in [0.717, 1.165) is 37.3 Å². The summed E-state index contributed by atoms with van der Waals surface area (Å²) in [7, 11) is 4.09. The van der Waals surface area contributed by atoms with Gasteiger partial charge >= 0.3 is 5.97 Å². The van der Waals surface area contributed by atoms with Gasteiger partial charge in [0, 0.05) is 43.9 Å². The molecule has 2 aliphatic heterocycles. The van der Waals surface area contributed by atoms with Gasteiger partial charge in [-0.3, -0.25) is 19.3 Å². The number of nitrogens with zero attached hydrogens (tertiary/aromatic N) is 3. The van der Waals surface area contributed by atoms with Gasteiger partial charge in [-0.05, 0) is 44.1 Å². The molecule has 0 unspecified atom stereocenters. The van der Waals surface area contributed by atoms with Crippen molar-refractivity contribution < 1.29 is 29.7 Å². The van der Waals surface area contributed by atoms with Crippen LogP contribution in [0.5, 0.6) is 0 Å². The summed E-state index contributed by atoms with van der Waals surface area (Å²) in [6.45, 7) is 2.68. The Kier molecular flexibility index (Phi) is 9.96. The molecule has 1 aromatic heterocycles. The number of hydrogen-bond donors (Lipinski definition) is 3. The number of carboxylic acids is 1. The molecule has 0 amide bonds. The minimum atomic E-state index is -0.879. The first-order chi connectivity index (χ1) is 16.3. The number of carbonyl (C=O) groups is 3. The standard InChI is InChI=1S/C22H27N3O3.2CH2O2/c1-23(2)14-20-17-10-16(19-8-5-9-21(26)25(19)20)12-24(13-17)11-15-6-3-4-7-18(15)22(27)28;2*2-1-3/h3-9,16-17,20H,10-14H2,1-2H3,(H,27,28);2*1H,(H,2,3)/t16-,17+,20+;;/m1../s1. The van der Waals surface area contributed by atoms with Crippen molar-refractivity contribution in [2.75, 3.05) is 33.7 Å². The van der Waals surface area contributed by atoms with Crippen LogP contribution in [0.1, 0.15) is 40.0 Å². The Morgan fingerprint density at radius 1 is 1.06 bits per heavy atom. The van der Waals surface area contributed by atoms with Crippen molar-refractivity contribution in [2.24, 2.45) is 5.92 Å². The van der Waals surface area contributed by atoms with Crippen LogP contribution in [-0.4, -0.2) is 82.3 Å². The van der Waals surface area contributed by atoms with Crippen molar-refractivity contribution in [1.82, 2.24) is 14.4 Å². The number of fused-ring (bicyclic) bond motifs is 4. The molecule has 3 N–H and O–H groups in total. The lowest BCUT2D eigenvalue weighted by atomic mass is 9.78. The van der Waals surface area contributed by atoms with E-state index < -0.39 is 5.97 Å². The minimum Gasteiger partial charge on any atom is -0.483 e. The monoisotopic (exact) mass is 473 g/mol. The molecule has 2 bridgehead atoms. The summed E-state index contributed by atoms with van der Waals surface area (Å²) in [6.07, 6.45) is 1.08. The summed E-state index contributed by atoms with van der Waals surface area (Å²) in [4.78, 5) is 45.4. The summed E-state index contributed by atoms with van der Waals surface area (Å²) in [5.74, 6) is -0.191. The summed E-state index contributed by atoms with van der Waals surface area (Å²) < 4.78 is 2.02. The van der Waals surface area contributed by atoms with Crippen LogP contribution in [0.3, 0.4) is 0 Å². The van der Waals surface area contributed by atoms with E-state index in [-0.39, 0.29) is 24.5 Å². The summed E-state index contributed by atoms with van der Waals surface area (Å²) in [5, 5.41) is 23.3. The van der Waals surface area contributed by atoms with Crippen LogP contribution < -0.4 is 5.56 Å². The maximum atomic E-state index is 12.6. The van der Waals surface area contributed by atoms with E-state index in [4.69, 9.17) is 19.8 Å². The normalized spacial score (nSPS) is 20.6. The van der Waals surface area contributed by atoms with Crippen LogP contribution in [-0.2, 0) is 16.1 Å². The quantitative estimate of drug-likeness (QED) is 0.553. The van der Waals surface area contributed by atoms with Gasteiger partial charge in [-0.2, -0.15) is 0 Å². The van der Waals surface area contributed by atoms with Crippen molar-refractivity contribution in [3.05, 3.63) is 69.6 Å². The molecule has 0 saturated carbocycles. The molecular formula is C24H31N3O7. The highest BCUT2D eigenvalue weighted by molar-refractivity contribution is 5.89. The molecule has 3 heterocycles. The van der Waals surface area contributed by atoms with Gasteiger partial charge in [0.25, 0.3) is 18.5 Å². The van der Waals surface area contributed by atoms with Gasteiger partial charge in [0.05, 0.1) is 11.6 Å². The zero-order valence-electron chi connectivity index (χ0n) is 19.3. The first-order valence-corrected chi connectivity index (χ1v) is 10.8. The molecule has 0 radical (unpaired) electrons. The lowest BCUT2D eigenvalue weighted by Gasteiger charge is -2.47. The van der Waals surface area contributed by atoms with Gasteiger partial charge in [-0.1, -0.05) is 24.3 Å². The van der Waals surface area contributed by atoms with Crippen LogP contribution in [0.2, 0.25) is 0 Å². The molecule has 2 aromatic rings. The number of hydrogen-bond acceptors (Lipinski definition) is 6. The zero-order valence-corrected chi connectivity index (χ0v) is 19.3. The van der Waals surface area contributed by atoms with Crippen LogP contribution in [0.15, 0.2) is 47.3 Å². The topological polar surface area (TPSA) is 140 Å². The predicted molar refractivity (Wildman–Crippen MR) is 125 cm³/mol. The summed E-state index contributed by atoms with van der Waals surface area (Å²) in [6, 6.07) is 13.0. The van der Waals surface area contributed by atoms with Gasteiger partial charge in [0.1, 0.15) is 0 Å². The molecule has 10 heteroatoms. The summed E-state index contributed by atoms with van der Waals surface area (Å²) >= 11 is 0. The van der Waals surface area contributed by atoms with Gasteiger partial charge < -0.3 is 24.8 Å². The van der Waals surface area contributed by atoms with Gasteiger partial charge in [0.15, 0.2) is 0 Å². The van der Waals surface area contributed by atoms with Gasteiger partial charge in [0.2, 0.25) is 0 Å². The van der Waals surface area contributed by atoms with Crippen molar-refractivity contribution >= 4 is 18.9 Å². The van der Waals surface area contributed by atoms with Crippen LogP contribution in [0, 0.1) is 5.92 Å². The Morgan fingerprint density at radius 2 is 1.71 bits per heavy atom. The summed E-state index contributed by atoms with van der Waals surface area (Å²) in [5.41, 5.74) is 2.43. The SMILES string of the molecule is CN(C)C[C@H]1[C@H]2C[C@H](CN(Cc3ccccc3C(=O)O)C2)c2cccc(=O)n21.O=CO.O=CO. The Labute approximate surface area is 197 Å². The number of likely N-dealkylation sites (tertiary alicyclic amines) is 1. The Hall–Kier alpha value is -3.50. The molecule has 10 nitrogen and oxygen atoms in total. The smallest absolute Gasteiger partial charge is 0.336 e. The van der Waals surface area contributed by atoms with E-state index in [0.29, 0.717) is 23.9 Å². The molecule has 1 aromatic carbocycles. The number of aromatic carboxylic acids is 1. The fourth-order valence-electron chi connectivity index (χ4n) is 4.98. The van der Waals surface area contributed by atoms with Crippen molar-refractivity contribution in [1.29, 1.82) is 0 Å². The molecule has 4 rings (SSSR count). The first kappa shape index (κ1) is 26.7. The van der Waals surface area contributed by atoms with E-state index in [2.05, 4.69) is 15.9 Å². The Bertz CT molecular complexity index is 1030. The molecule has 3 atom stereocenters. The molecule has 34 heavy (non-hydrogen) atoms. The van der Waals surface area contributed by atoms with Gasteiger partial charge in [-0.25, -0.2) is 4.79 Å². The number of rotatable bonds is 5. The van der Waals surface area contributed by atoms with Crippen LogP contribution >= 0.6 is 0 Å². The predicted octanol–water partition coefficient (Wildman–Crippen LogP) is 1.67. The largest absolute Gasteiger partial charge is 0.483 e. The molecular weight excluding hydrogens is 442 g/mol. The number of likely N-dealkylation sites (N-methyl/N-ethyl adjacent to an activating group) is 1. The first-order valence-electron chi connectivity index (χ1n) is 10.8. The highest BCUT2D eigenvalue weighted by atomic mass is 16.4. The van der Waals surface area contributed by atoms with E-state index >= 15 is 0 Å². The average molecular weight is 474 g/mol. The molecule has 0 aliphatic carbocycles. The van der Waals surface area contributed by atoms with E-state index in [1.807, 2.05) is 36.9 Å². The average Bonchev–Trinajstić information content (AvgIpc) is 2.78. The Morgan fingerprint density at radius 3 is 2.32 bits per heavy atom. The molecule has 0 spiro atoms. The van der Waals surface area contributed by atoms with Gasteiger partial charge in [-0.15, -0.1) is 0 Å². The molecule has 2 aliphatic rings. The Balaban J connectivity index is 0.000000618. The number of carboxylic acid groups (broad SMARTS) is 3. The maximum Gasteiger partial charge on any atom is 0.336 e.